The second-order valence-corrected chi connectivity index (χ2v) is 12.6. The van der Waals surface area contributed by atoms with Gasteiger partial charge >= 0.3 is 15.6 Å². The van der Waals surface area contributed by atoms with Crippen LogP contribution in [-0.2, 0) is 36.8 Å². The lowest BCUT2D eigenvalue weighted by atomic mass is 10.1. The molecule has 2 fully saturated rings. The molecular weight excluding hydrogens is 648 g/mol. The number of carbonyl (C=O) groups is 1. The monoisotopic (exact) mass is 679 g/mol. The number of nitrogen functional groups attached to an aromatic ring is 1. The summed E-state index contributed by atoms with van der Waals surface area (Å²) in [5, 5.41) is 41.2. The van der Waals surface area contributed by atoms with Gasteiger partial charge in [0.25, 0.3) is 0 Å². The number of allylic oxidation sites excluding steroid dienone is 2. The molecule has 23 heteroatoms. The largest absolute Gasteiger partial charge is 0.481 e. The van der Waals surface area contributed by atoms with Crippen LogP contribution in [0.1, 0.15) is 13.2 Å². The molecule has 10 N–H and O–H groups in total. The maximum atomic E-state index is 12.4. The lowest BCUT2D eigenvalue weighted by Crippen LogP contribution is -2.34. The fourth-order valence-corrected chi connectivity index (χ4v) is 6.35. The van der Waals surface area contributed by atoms with Crippen LogP contribution in [-0.4, -0.2) is 118 Å². The number of amides is 1. The number of primary amides is 1. The van der Waals surface area contributed by atoms with Crippen molar-refractivity contribution in [2.24, 2.45) is 10.7 Å². The molecule has 0 aromatic carbocycles. The van der Waals surface area contributed by atoms with Gasteiger partial charge in [0.05, 0.1) is 19.5 Å². The second-order valence-electron chi connectivity index (χ2n) is 9.55. The SMILES string of the molecule is C\C=C(/C=C\C=N\[C@H]1O[C@@H](COP(=O)(O)OP(=O)(O)OC[C@H]2O[C@@H](n3cnc4c(N)ncnc43)[C@@H](O)C2O)[C@@H](O)C1O)C(N)=O. The highest BCUT2D eigenvalue weighted by atomic mass is 31.3. The highest BCUT2D eigenvalue weighted by molar-refractivity contribution is 7.61. The number of fused-ring (bicyclic) bond motifs is 1. The summed E-state index contributed by atoms with van der Waals surface area (Å²) in [5.74, 6) is -0.632. The van der Waals surface area contributed by atoms with Gasteiger partial charge < -0.3 is 51.2 Å². The number of rotatable bonds is 13. The van der Waals surface area contributed by atoms with Crippen molar-refractivity contribution < 1.29 is 67.0 Å². The van der Waals surface area contributed by atoms with Crippen LogP contribution >= 0.6 is 15.6 Å². The number of nitrogens with zero attached hydrogens (tertiary/aromatic N) is 5. The van der Waals surface area contributed by atoms with E-state index in [2.05, 4.69) is 28.8 Å². The molecule has 248 valence electrons. The Hall–Kier alpha value is -3.01. The van der Waals surface area contributed by atoms with Crippen LogP contribution in [0.5, 0.6) is 0 Å². The summed E-state index contributed by atoms with van der Waals surface area (Å²) in [5.41, 5.74) is 11.5. The third-order valence-corrected chi connectivity index (χ3v) is 9.14. The first kappa shape index (κ1) is 34.9. The van der Waals surface area contributed by atoms with Crippen molar-refractivity contribution >= 4 is 44.7 Å². The molecule has 4 rings (SSSR count). The van der Waals surface area contributed by atoms with Crippen molar-refractivity contribution in [3.63, 3.8) is 0 Å². The van der Waals surface area contributed by atoms with Gasteiger partial charge in [-0.3, -0.25) is 23.4 Å². The molecule has 45 heavy (non-hydrogen) atoms. The van der Waals surface area contributed by atoms with E-state index in [4.69, 9.17) is 25.5 Å². The number of aromatic nitrogens is 4. The minimum absolute atomic E-state index is 0.0497. The van der Waals surface area contributed by atoms with Gasteiger partial charge in [0.15, 0.2) is 23.9 Å². The standard InChI is InChI=1S/C22H31N7O14P2/c1-2-10(19(24)34)4-3-5-25-21-16(32)14(30)11(41-21)6-39-44(35,36)43-45(37,38)40-7-12-15(31)17(33)22(42-12)29-9-28-13-18(23)26-8-27-20(13)29/h2-5,8-9,11-12,14-17,21-22,30-33H,6-7H2,1H3,(H2,24,34)(H,35,36)(H,37,38)(H2,23,26,27)/b4-3-,10-2+,25-5+/t11-,12+,14+,15?,16?,17-,21-,22+/m0/s1. The molecule has 0 saturated carbocycles. The Kier molecular flexibility index (Phi) is 11.0. The lowest BCUT2D eigenvalue weighted by molar-refractivity contribution is -0.114. The molecule has 4 unspecified atom stereocenters. The average molecular weight is 679 g/mol. The van der Waals surface area contributed by atoms with Crippen LogP contribution in [0.4, 0.5) is 5.82 Å². The first-order chi connectivity index (χ1) is 21.1. The maximum Gasteiger partial charge on any atom is 0.481 e. The molecule has 1 amide bonds. The number of hydrogen-bond donors (Lipinski definition) is 8. The highest BCUT2D eigenvalue weighted by Crippen LogP contribution is 2.60. The van der Waals surface area contributed by atoms with Gasteiger partial charge in [0, 0.05) is 11.8 Å². The maximum absolute atomic E-state index is 12.4. The molecule has 2 aliphatic rings. The Morgan fingerprint density at radius 2 is 1.64 bits per heavy atom. The number of aliphatic hydroxyl groups is 4. The predicted octanol–water partition coefficient (Wildman–Crippen LogP) is -2.22. The number of ether oxygens (including phenoxy) is 2. The molecule has 10 atom stereocenters. The van der Waals surface area contributed by atoms with Gasteiger partial charge in [-0.2, -0.15) is 4.31 Å². The molecule has 2 aromatic rings. The highest BCUT2D eigenvalue weighted by Gasteiger charge is 2.47. The molecule has 21 nitrogen and oxygen atoms in total. The normalized spacial score (nSPS) is 32.0. The zero-order chi connectivity index (χ0) is 33.1. The summed E-state index contributed by atoms with van der Waals surface area (Å²) in [6.07, 6.45) is -4.31. The third-order valence-electron chi connectivity index (χ3n) is 6.54. The molecule has 0 radical (unpaired) electrons. The van der Waals surface area contributed by atoms with Crippen LogP contribution in [0.3, 0.4) is 0 Å². The molecule has 2 saturated heterocycles. The van der Waals surface area contributed by atoms with Crippen LogP contribution in [0.2, 0.25) is 0 Å². The van der Waals surface area contributed by atoms with Gasteiger partial charge in [0.2, 0.25) is 5.91 Å². The summed E-state index contributed by atoms with van der Waals surface area (Å²) in [4.78, 5) is 46.9. The van der Waals surface area contributed by atoms with E-state index < -0.39 is 83.8 Å². The first-order valence-electron chi connectivity index (χ1n) is 12.9. The van der Waals surface area contributed by atoms with E-state index in [1.54, 1.807) is 6.92 Å². The quantitative estimate of drug-likeness (QED) is 0.0481. The number of phosphoric acid groups is 2. The topological polar surface area (TPSA) is 327 Å². The van der Waals surface area contributed by atoms with E-state index in [1.165, 1.54) is 29.1 Å². The molecule has 4 heterocycles. The van der Waals surface area contributed by atoms with Crippen LogP contribution in [0, 0.1) is 0 Å². The Morgan fingerprint density at radius 1 is 1.02 bits per heavy atom. The third kappa shape index (κ3) is 8.23. The second kappa shape index (κ2) is 14.2. The molecule has 2 aromatic heterocycles. The van der Waals surface area contributed by atoms with E-state index in [9.17, 15) is 44.1 Å². The average Bonchev–Trinajstić information content (AvgIpc) is 3.61. The van der Waals surface area contributed by atoms with Gasteiger partial charge in [-0.25, -0.2) is 24.1 Å². The molecule has 0 aliphatic carbocycles. The smallest absolute Gasteiger partial charge is 0.387 e. The van der Waals surface area contributed by atoms with E-state index in [0.717, 1.165) is 12.5 Å². The van der Waals surface area contributed by atoms with Crippen molar-refractivity contribution in [1.29, 1.82) is 0 Å². The molecule has 0 spiro atoms. The van der Waals surface area contributed by atoms with Gasteiger partial charge in [-0.05, 0) is 19.1 Å². The van der Waals surface area contributed by atoms with E-state index in [-0.39, 0.29) is 22.6 Å². The Balaban J connectivity index is 1.29. The number of phosphoric ester groups is 2. The summed E-state index contributed by atoms with van der Waals surface area (Å²) in [7, 11) is -10.7. The summed E-state index contributed by atoms with van der Waals surface area (Å²) >= 11 is 0. The van der Waals surface area contributed by atoms with E-state index in [0.29, 0.717) is 0 Å². The van der Waals surface area contributed by atoms with Gasteiger partial charge in [0.1, 0.15) is 48.5 Å². The minimum atomic E-state index is -5.36. The van der Waals surface area contributed by atoms with Crippen molar-refractivity contribution in [3.05, 3.63) is 36.5 Å². The fourth-order valence-electron chi connectivity index (χ4n) is 4.26. The fraction of sp³-hybridized carbons (Fsp3) is 0.500. The number of hydrogen-bond acceptors (Lipinski definition) is 17. The van der Waals surface area contributed by atoms with Crippen LogP contribution < -0.4 is 11.5 Å². The Bertz CT molecular complexity index is 1570. The van der Waals surface area contributed by atoms with Crippen LogP contribution in [0.15, 0.2) is 41.4 Å². The number of imidazole rings is 1. The molecular formula is C22H31N7O14P2. The number of anilines is 1. The van der Waals surface area contributed by atoms with Gasteiger partial charge in [-0.15, -0.1) is 0 Å². The van der Waals surface area contributed by atoms with Crippen molar-refractivity contribution in [2.75, 3.05) is 18.9 Å². The predicted molar refractivity (Wildman–Crippen MR) is 150 cm³/mol. The number of aliphatic hydroxyl groups excluding tert-OH is 4. The van der Waals surface area contributed by atoms with Crippen molar-refractivity contribution in [2.45, 2.75) is 56.0 Å². The number of carbonyl (C=O) groups excluding carboxylic acids is 1. The minimum Gasteiger partial charge on any atom is -0.387 e. The Labute approximate surface area is 253 Å². The number of nitrogens with two attached hydrogens (primary N) is 2. The van der Waals surface area contributed by atoms with E-state index >= 15 is 0 Å². The Morgan fingerprint density at radius 3 is 2.27 bits per heavy atom. The summed E-state index contributed by atoms with van der Waals surface area (Å²) < 4.78 is 50.4. The summed E-state index contributed by atoms with van der Waals surface area (Å²) in [6.45, 7) is -0.208. The molecule has 2 aliphatic heterocycles. The zero-order valence-corrected chi connectivity index (χ0v) is 25.0. The van der Waals surface area contributed by atoms with Crippen molar-refractivity contribution in [1.82, 2.24) is 19.5 Å². The first-order valence-corrected chi connectivity index (χ1v) is 15.9. The molecule has 0 bridgehead atoms. The zero-order valence-electron chi connectivity index (χ0n) is 23.2. The van der Waals surface area contributed by atoms with Crippen LogP contribution in [0.25, 0.3) is 11.2 Å². The van der Waals surface area contributed by atoms with E-state index in [1.807, 2.05) is 0 Å². The lowest BCUT2D eigenvalue weighted by Gasteiger charge is -2.20. The summed E-state index contributed by atoms with van der Waals surface area (Å²) in [6, 6.07) is 0. The van der Waals surface area contributed by atoms with Crippen molar-refractivity contribution in [3.8, 4) is 0 Å². The number of aliphatic imine (C=N–C) groups is 1. The van der Waals surface area contributed by atoms with Gasteiger partial charge in [-0.1, -0.05) is 6.08 Å².